The first kappa shape index (κ1) is 20.6. The number of guanidine groups is 1. The minimum Gasteiger partial charge on any atom is -0.506 e. The van der Waals surface area contributed by atoms with Gasteiger partial charge in [0.15, 0.2) is 5.96 Å². The molecular weight excluding hydrogens is 463 g/mol. The summed E-state index contributed by atoms with van der Waals surface area (Å²) in [5.41, 5.74) is 2.02. The lowest BCUT2D eigenvalue weighted by Gasteiger charge is -2.37. The van der Waals surface area contributed by atoms with Gasteiger partial charge in [-0.05, 0) is 29.8 Å². The van der Waals surface area contributed by atoms with Crippen molar-refractivity contribution in [2.45, 2.75) is 6.54 Å². The molecule has 3 rings (SSSR count). The third-order valence-corrected chi connectivity index (χ3v) is 4.59. The number of piperazine rings is 1. The first-order valence-electron chi connectivity index (χ1n) is 8.40. The zero-order valence-corrected chi connectivity index (χ0v) is 17.8. The van der Waals surface area contributed by atoms with E-state index in [1.54, 1.807) is 13.1 Å². The van der Waals surface area contributed by atoms with Gasteiger partial charge in [-0.2, -0.15) is 0 Å². The number of aliphatic imine (C=N–C) groups is 1. The molecule has 2 aromatic rings. The molecule has 2 aromatic carbocycles. The van der Waals surface area contributed by atoms with Gasteiger partial charge in [-0.25, -0.2) is 0 Å². The van der Waals surface area contributed by atoms with Crippen LogP contribution >= 0.6 is 35.6 Å². The normalized spacial score (nSPS) is 14.8. The van der Waals surface area contributed by atoms with Crippen molar-refractivity contribution in [3.8, 4) is 5.75 Å². The van der Waals surface area contributed by atoms with E-state index in [0.717, 1.165) is 48.4 Å². The predicted molar refractivity (Wildman–Crippen MR) is 119 cm³/mol. The van der Waals surface area contributed by atoms with Crippen molar-refractivity contribution in [3.63, 3.8) is 0 Å². The van der Waals surface area contributed by atoms with Crippen molar-refractivity contribution in [1.82, 2.24) is 10.2 Å². The van der Waals surface area contributed by atoms with Crippen LogP contribution < -0.4 is 10.2 Å². The number of rotatable bonds is 3. The Morgan fingerprint density at radius 1 is 1.12 bits per heavy atom. The SMILES string of the molecule is CN=C(NCc1cccc(Cl)c1)N1CCN(c2ccccc2O)CC1.I. The van der Waals surface area contributed by atoms with Crippen LogP contribution in [0.4, 0.5) is 5.69 Å². The number of hydrogen-bond donors (Lipinski definition) is 2. The Morgan fingerprint density at radius 3 is 2.50 bits per heavy atom. The van der Waals surface area contributed by atoms with E-state index in [2.05, 4.69) is 20.1 Å². The minimum absolute atomic E-state index is 0. The quantitative estimate of drug-likeness (QED) is 0.396. The average Bonchev–Trinajstić information content (AvgIpc) is 2.63. The molecule has 0 unspecified atom stereocenters. The Labute approximate surface area is 176 Å². The van der Waals surface area contributed by atoms with E-state index in [0.29, 0.717) is 12.3 Å². The van der Waals surface area contributed by atoms with Crippen LogP contribution in [0.3, 0.4) is 0 Å². The Kier molecular flexibility index (Phi) is 7.84. The lowest BCUT2D eigenvalue weighted by atomic mass is 10.2. The van der Waals surface area contributed by atoms with E-state index in [-0.39, 0.29) is 24.0 Å². The van der Waals surface area contributed by atoms with Crippen LogP contribution in [0.5, 0.6) is 5.75 Å². The molecule has 0 amide bonds. The van der Waals surface area contributed by atoms with E-state index >= 15 is 0 Å². The highest BCUT2D eigenvalue weighted by Gasteiger charge is 2.21. The topological polar surface area (TPSA) is 51.1 Å². The molecule has 1 aliphatic rings. The molecule has 0 spiro atoms. The Balaban J connectivity index is 0.00000243. The Bertz CT molecular complexity index is 748. The summed E-state index contributed by atoms with van der Waals surface area (Å²) >= 11 is 6.04. The summed E-state index contributed by atoms with van der Waals surface area (Å²) in [5.74, 6) is 1.22. The summed E-state index contributed by atoms with van der Waals surface area (Å²) in [6.07, 6.45) is 0. The number of hydrogen-bond acceptors (Lipinski definition) is 3. The van der Waals surface area contributed by atoms with Gasteiger partial charge in [-0.1, -0.05) is 35.9 Å². The first-order chi connectivity index (χ1) is 12.2. The smallest absolute Gasteiger partial charge is 0.194 e. The van der Waals surface area contributed by atoms with Crippen molar-refractivity contribution in [2.75, 3.05) is 38.1 Å². The second-order valence-electron chi connectivity index (χ2n) is 5.99. The van der Waals surface area contributed by atoms with Crippen LogP contribution in [0, 0.1) is 0 Å². The van der Waals surface area contributed by atoms with Gasteiger partial charge in [0, 0.05) is 44.8 Å². The number of nitrogens with zero attached hydrogens (tertiary/aromatic N) is 3. The van der Waals surface area contributed by atoms with Gasteiger partial charge < -0.3 is 20.2 Å². The zero-order valence-electron chi connectivity index (χ0n) is 14.7. The van der Waals surface area contributed by atoms with E-state index in [9.17, 15) is 5.11 Å². The maximum Gasteiger partial charge on any atom is 0.194 e. The van der Waals surface area contributed by atoms with Gasteiger partial charge in [0.05, 0.1) is 5.69 Å². The van der Waals surface area contributed by atoms with E-state index < -0.39 is 0 Å². The molecule has 26 heavy (non-hydrogen) atoms. The molecule has 0 atom stereocenters. The highest BCUT2D eigenvalue weighted by atomic mass is 127. The van der Waals surface area contributed by atoms with Crippen molar-refractivity contribution < 1.29 is 5.11 Å². The van der Waals surface area contributed by atoms with Gasteiger partial charge in [-0.3, -0.25) is 4.99 Å². The second kappa shape index (κ2) is 9.87. The molecule has 2 N–H and O–H groups in total. The molecule has 0 aliphatic carbocycles. The summed E-state index contributed by atoms with van der Waals surface area (Å²) in [6, 6.07) is 15.3. The van der Waals surface area contributed by atoms with Gasteiger partial charge in [0.25, 0.3) is 0 Å². The van der Waals surface area contributed by atoms with Gasteiger partial charge in [0.1, 0.15) is 5.75 Å². The van der Waals surface area contributed by atoms with Crippen LogP contribution in [-0.4, -0.2) is 49.2 Å². The number of nitrogens with one attached hydrogen (secondary N) is 1. The highest BCUT2D eigenvalue weighted by Crippen LogP contribution is 2.27. The standard InChI is InChI=1S/C19H23ClN4O.HI/c1-21-19(22-14-15-5-4-6-16(20)13-15)24-11-9-23(10-12-24)17-7-2-3-8-18(17)25;/h2-8,13,25H,9-12,14H2,1H3,(H,21,22);1H. The molecule has 1 fully saturated rings. The molecule has 0 aromatic heterocycles. The van der Waals surface area contributed by atoms with Gasteiger partial charge >= 0.3 is 0 Å². The van der Waals surface area contributed by atoms with E-state index in [1.807, 2.05) is 42.5 Å². The number of benzene rings is 2. The number of phenols is 1. The fraction of sp³-hybridized carbons (Fsp3) is 0.316. The van der Waals surface area contributed by atoms with Gasteiger partial charge in [0.2, 0.25) is 0 Å². The average molecular weight is 487 g/mol. The minimum atomic E-state index is 0. The third kappa shape index (κ3) is 5.17. The Morgan fingerprint density at radius 2 is 1.85 bits per heavy atom. The highest BCUT2D eigenvalue weighted by molar-refractivity contribution is 14.0. The monoisotopic (exact) mass is 486 g/mol. The molecule has 7 heteroatoms. The van der Waals surface area contributed by atoms with Crippen LogP contribution in [0.25, 0.3) is 0 Å². The molecule has 0 bridgehead atoms. The molecule has 1 heterocycles. The number of para-hydroxylation sites is 2. The summed E-state index contributed by atoms with van der Waals surface area (Å²) in [7, 11) is 1.80. The molecule has 5 nitrogen and oxygen atoms in total. The number of phenolic OH excluding ortho intramolecular Hbond substituents is 1. The van der Waals surface area contributed by atoms with Crippen LogP contribution in [-0.2, 0) is 6.54 Å². The van der Waals surface area contributed by atoms with E-state index in [4.69, 9.17) is 11.6 Å². The van der Waals surface area contributed by atoms with Crippen LogP contribution in [0.1, 0.15) is 5.56 Å². The molecule has 1 aliphatic heterocycles. The zero-order chi connectivity index (χ0) is 17.6. The van der Waals surface area contributed by atoms with Crippen molar-refractivity contribution >= 4 is 47.2 Å². The fourth-order valence-corrected chi connectivity index (χ4v) is 3.26. The van der Waals surface area contributed by atoms with Gasteiger partial charge in [-0.15, -0.1) is 24.0 Å². The van der Waals surface area contributed by atoms with Crippen LogP contribution in [0.2, 0.25) is 5.02 Å². The van der Waals surface area contributed by atoms with Crippen molar-refractivity contribution in [1.29, 1.82) is 0 Å². The summed E-state index contributed by atoms with van der Waals surface area (Å²) in [5, 5.41) is 14.2. The Hall–Kier alpha value is -1.67. The maximum absolute atomic E-state index is 10.0. The molecule has 0 saturated carbocycles. The van der Waals surface area contributed by atoms with Crippen molar-refractivity contribution in [3.05, 3.63) is 59.1 Å². The number of halogens is 2. The molecular formula is C19H24ClIN4O. The first-order valence-corrected chi connectivity index (χ1v) is 8.78. The third-order valence-electron chi connectivity index (χ3n) is 4.35. The molecule has 1 saturated heterocycles. The molecule has 0 radical (unpaired) electrons. The van der Waals surface area contributed by atoms with Crippen molar-refractivity contribution in [2.24, 2.45) is 4.99 Å². The molecule has 140 valence electrons. The number of anilines is 1. The number of aromatic hydroxyl groups is 1. The van der Waals surface area contributed by atoms with Crippen LogP contribution in [0.15, 0.2) is 53.5 Å². The summed E-state index contributed by atoms with van der Waals surface area (Å²) in [4.78, 5) is 8.84. The maximum atomic E-state index is 10.0. The fourth-order valence-electron chi connectivity index (χ4n) is 3.05. The van der Waals surface area contributed by atoms with E-state index in [1.165, 1.54) is 0 Å². The predicted octanol–water partition coefficient (Wildman–Crippen LogP) is 3.56. The lowest BCUT2D eigenvalue weighted by molar-refractivity contribution is 0.369. The largest absolute Gasteiger partial charge is 0.506 e. The second-order valence-corrected chi connectivity index (χ2v) is 6.43. The summed E-state index contributed by atoms with van der Waals surface area (Å²) < 4.78 is 0. The summed E-state index contributed by atoms with van der Waals surface area (Å²) in [6.45, 7) is 4.07. The lowest BCUT2D eigenvalue weighted by Crippen LogP contribution is -2.52.